The summed E-state index contributed by atoms with van der Waals surface area (Å²) in [5, 5.41) is 7.04. The third-order valence-electron chi connectivity index (χ3n) is 6.09. The molecule has 3 rings (SSSR count). The monoisotopic (exact) mass is 544 g/mol. The summed E-state index contributed by atoms with van der Waals surface area (Å²) in [5.74, 6) is 1.59. The smallest absolute Gasteiger partial charge is 0.191 e. The van der Waals surface area contributed by atoms with Crippen molar-refractivity contribution >= 4 is 29.9 Å². The Morgan fingerprint density at radius 2 is 1.97 bits per heavy atom. The average molecular weight is 545 g/mol. The highest BCUT2D eigenvalue weighted by Crippen LogP contribution is 2.15. The largest absolute Gasteiger partial charge is 0.381 e. The molecule has 7 heteroatoms. The van der Waals surface area contributed by atoms with E-state index in [2.05, 4.69) is 51.7 Å². The zero-order chi connectivity index (χ0) is 21.0. The van der Waals surface area contributed by atoms with E-state index in [-0.39, 0.29) is 24.0 Å². The number of piperidine rings is 1. The van der Waals surface area contributed by atoms with Crippen LogP contribution in [0.25, 0.3) is 0 Å². The van der Waals surface area contributed by atoms with Crippen LogP contribution in [0.5, 0.6) is 0 Å². The summed E-state index contributed by atoms with van der Waals surface area (Å²) in [6.45, 7) is 9.82. The lowest BCUT2D eigenvalue weighted by atomic mass is 10.0. The maximum atomic E-state index is 5.85. The first kappa shape index (κ1) is 26.4. The Kier molecular flexibility index (Phi) is 12.8. The number of ether oxygens (including phenoxy) is 2. The molecule has 0 saturated carbocycles. The number of benzene rings is 1. The van der Waals surface area contributed by atoms with Gasteiger partial charge in [0.2, 0.25) is 0 Å². The van der Waals surface area contributed by atoms with E-state index in [0.717, 1.165) is 90.7 Å². The van der Waals surface area contributed by atoms with Gasteiger partial charge in [0, 0.05) is 65.7 Å². The molecule has 1 aromatic carbocycles. The number of hydrogen-bond donors (Lipinski definition) is 2. The quantitative estimate of drug-likeness (QED) is 0.216. The minimum Gasteiger partial charge on any atom is -0.381 e. The number of aliphatic imine (C=N–C) groups is 1. The molecule has 6 nitrogen and oxygen atoms in total. The van der Waals surface area contributed by atoms with Gasteiger partial charge in [-0.25, -0.2) is 0 Å². The molecule has 0 unspecified atom stereocenters. The van der Waals surface area contributed by atoms with E-state index < -0.39 is 0 Å². The molecule has 2 fully saturated rings. The van der Waals surface area contributed by atoms with Crippen LogP contribution in [0.3, 0.4) is 0 Å². The number of likely N-dealkylation sites (tertiary alicyclic amines) is 1. The van der Waals surface area contributed by atoms with Gasteiger partial charge >= 0.3 is 0 Å². The number of hydrogen-bond acceptors (Lipinski definition) is 4. The van der Waals surface area contributed by atoms with Crippen LogP contribution in [0.4, 0.5) is 0 Å². The number of nitrogens with one attached hydrogen (secondary N) is 2. The van der Waals surface area contributed by atoms with Gasteiger partial charge in [-0.1, -0.05) is 29.8 Å². The Hall–Kier alpha value is -0.900. The van der Waals surface area contributed by atoms with Gasteiger partial charge in [0.15, 0.2) is 5.96 Å². The van der Waals surface area contributed by atoms with E-state index in [4.69, 9.17) is 9.47 Å². The van der Waals surface area contributed by atoms with Crippen LogP contribution in [-0.2, 0) is 16.0 Å². The summed E-state index contributed by atoms with van der Waals surface area (Å²) in [6.07, 6.45) is 5.58. The molecule has 0 aliphatic carbocycles. The van der Waals surface area contributed by atoms with Crippen LogP contribution in [-0.4, -0.2) is 70.0 Å². The second-order valence-electron chi connectivity index (χ2n) is 8.67. The number of guanidine groups is 1. The van der Waals surface area contributed by atoms with Gasteiger partial charge in [-0.05, 0) is 50.5 Å². The Morgan fingerprint density at radius 3 is 2.68 bits per heavy atom. The molecule has 2 saturated heterocycles. The molecule has 176 valence electrons. The molecule has 2 aliphatic rings. The van der Waals surface area contributed by atoms with Crippen LogP contribution in [0.1, 0.15) is 43.2 Å². The minimum atomic E-state index is 0. The summed E-state index contributed by atoms with van der Waals surface area (Å²) in [6, 6.07) is 9.34. The summed E-state index contributed by atoms with van der Waals surface area (Å²) in [4.78, 5) is 6.95. The lowest BCUT2D eigenvalue weighted by Crippen LogP contribution is -2.48. The molecule has 1 aromatic rings. The third kappa shape index (κ3) is 10.1. The van der Waals surface area contributed by atoms with E-state index >= 15 is 0 Å². The maximum Gasteiger partial charge on any atom is 0.191 e. The molecular weight excluding hydrogens is 503 g/mol. The molecule has 2 aliphatic heterocycles. The Bertz CT molecular complexity index is 644. The first-order valence-corrected chi connectivity index (χ1v) is 11.6. The highest BCUT2D eigenvalue weighted by atomic mass is 127. The van der Waals surface area contributed by atoms with Gasteiger partial charge in [0.05, 0.1) is 0 Å². The van der Waals surface area contributed by atoms with Gasteiger partial charge in [-0.15, -0.1) is 24.0 Å². The van der Waals surface area contributed by atoms with Gasteiger partial charge in [-0.2, -0.15) is 0 Å². The number of aryl methyl sites for hydroxylation is 1. The lowest BCUT2D eigenvalue weighted by Gasteiger charge is -2.33. The second-order valence-corrected chi connectivity index (χ2v) is 8.67. The first-order valence-electron chi connectivity index (χ1n) is 11.6. The fourth-order valence-corrected chi connectivity index (χ4v) is 4.24. The van der Waals surface area contributed by atoms with Crippen LogP contribution in [0, 0.1) is 12.8 Å². The van der Waals surface area contributed by atoms with Crippen molar-refractivity contribution < 1.29 is 9.47 Å². The van der Waals surface area contributed by atoms with Gasteiger partial charge in [-0.3, -0.25) is 9.89 Å². The zero-order valence-corrected chi connectivity index (χ0v) is 21.6. The van der Waals surface area contributed by atoms with E-state index in [1.165, 1.54) is 11.1 Å². The van der Waals surface area contributed by atoms with Crippen molar-refractivity contribution in [1.82, 2.24) is 15.5 Å². The standard InChI is InChI=1S/C24H40N4O2.HI/c1-20-5-3-6-22(17-20)18-28-12-7-23(8-13-28)27-24(25-2)26-11-4-14-30-19-21-9-15-29-16-10-21;/h3,5-6,17,21,23H,4,7-16,18-19H2,1-2H3,(H2,25,26,27);1H. The summed E-state index contributed by atoms with van der Waals surface area (Å²) >= 11 is 0. The molecule has 0 aromatic heterocycles. The second kappa shape index (κ2) is 15.0. The van der Waals surface area contributed by atoms with Crippen molar-refractivity contribution in [2.75, 3.05) is 53.1 Å². The van der Waals surface area contributed by atoms with Crippen LogP contribution < -0.4 is 10.6 Å². The van der Waals surface area contributed by atoms with E-state index in [0.29, 0.717) is 12.0 Å². The fraction of sp³-hybridized carbons (Fsp3) is 0.708. The average Bonchev–Trinajstić information content (AvgIpc) is 2.77. The van der Waals surface area contributed by atoms with Gasteiger partial charge in [0.25, 0.3) is 0 Å². The third-order valence-corrected chi connectivity index (χ3v) is 6.09. The van der Waals surface area contributed by atoms with Crippen molar-refractivity contribution in [3.8, 4) is 0 Å². The lowest BCUT2D eigenvalue weighted by molar-refractivity contribution is 0.0203. The maximum absolute atomic E-state index is 5.85. The number of rotatable bonds is 9. The molecule has 0 bridgehead atoms. The zero-order valence-electron chi connectivity index (χ0n) is 19.3. The van der Waals surface area contributed by atoms with Crippen molar-refractivity contribution in [2.45, 2.75) is 51.6 Å². The van der Waals surface area contributed by atoms with Gasteiger partial charge < -0.3 is 20.1 Å². The van der Waals surface area contributed by atoms with Crippen LogP contribution in [0.2, 0.25) is 0 Å². The number of halogens is 1. The molecule has 0 atom stereocenters. The minimum absolute atomic E-state index is 0. The molecule has 0 amide bonds. The molecule has 0 spiro atoms. The van der Waals surface area contributed by atoms with Crippen molar-refractivity contribution in [3.63, 3.8) is 0 Å². The van der Waals surface area contributed by atoms with Gasteiger partial charge in [0.1, 0.15) is 0 Å². The van der Waals surface area contributed by atoms with Crippen LogP contribution in [0.15, 0.2) is 29.3 Å². The Balaban J connectivity index is 0.00000341. The molecule has 2 N–H and O–H groups in total. The molecule has 2 heterocycles. The van der Waals surface area contributed by atoms with Crippen molar-refractivity contribution in [3.05, 3.63) is 35.4 Å². The van der Waals surface area contributed by atoms with Crippen molar-refractivity contribution in [1.29, 1.82) is 0 Å². The fourth-order valence-electron chi connectivity index (χ4n) is 4.24. The summed E-state index contributed by atoms with van der Waals surface area (Å²) in [5.41, 5.74) is 2.76. The Morgan fingerprint density at radius 1 is 1.19 bits per heavy atom. The highest BCUT2D eigenvalue weighted by molar-refractivity contribution is 14.0. The predicted octanol–water partition coefficient (Wildman–Crippen LogP) is 3.58. The first-order chi connectivity index (χ1) is 14.7. The SMILES string of the molecule is CN=C(NCCCOCC1CCOCC1)NC1CCN(Cc2cccc(C)c2)CC1.I. The Labute approximate surface area is 205 Å². The predicted molar refractivity (Wildman–Crippen MR) is 138 cm³/mol. The summed E-state index contributed by atoms with van der Waals surface area (Å²) in [7, 11) is 1.85. The van der Waals surface area contributed by atoms with Crippen molar-refractivity contribution in [2.24, 2.45) is 10.9 Å². The topological polar surface area (TPSA) is 58.1 Å². The molecular formula is C24H41IN4O2. The highest BCUT2D eigenvalue weighted by Gasteiger charge is 2.20. The van der Waals surface area contributed by atoms with E-state index in [1.807, 2.05) is 7.05 Å². The normalized spacial score (nSPS) is 19.1. The molecule has 0 radical (unpaired) electrons. The van der Waals surface area contributed by atoms with Crippen LogP contribution >= 0.6 is 24.0 Å². The summed E-state index contributed by atoms with van der Waals surface area (Å²) < 4.78 is 11.2. The molecule has 31 heavy (non-hydrogen) atoms. The van der Waals surface area contributed by atoms with E-state index in [9.17, 15) is 0 Å². The van der Waals surface area contributed by atoms with E-state index in [1.54, 1.807) is 0 Å². The number of nitrogens with zero attached hydrogens (tertiary/aromatic N) is 2.